The third kappa shape index (κ3) is 5.71. The van der Waals surface area contributed by atoms with Gasteiger partial charge in [-0.25, -0.2) is 0 Å². The number of unbranched alkanes of at least 4 members (excludes halogenated alkanes) is 5. The molecule has 2 unspecified atom stereocenters. The second-order valence-corrected chi connectivity index (χ2v) is 12.3. The minimum atomic E-state index is -1.05. The molecule has 2 amide bonds. The van der Waals surface area contributed by atoms with Crippen molar-refractivity contribution in [2.24, 2.45) is 11.8 Å². The summed E-state index contributed by atoms with van der Waals surface area (Å²) in [6.07, 6.45) is 10.3. The molecule has 0 radical (unpaired) electrons. The van der Waals surface area contributed by atoms with Crippen molar-refractivity contribution in [1.29, 1.82) is 0 Å². The highest BCUT2D eigenvalue weighted by molar-refractivity contribution is 5.98. The first-order chi connectivity index (χ1) is 18.0. The number of nitrogens with zero attached hydrogens (tertiary/aromatic N) is 2. The Morgan fingerprint density at radius 3 is 2.47 bits per heavy atom. The molecule has 2 bridgehead atoms. The van der Waals surface area contributed by atoms with Gasteiger partial charge < -0.3 is 24.4 Å². The number of allylic oxidation sites excluding steroid dienone is 1. The molecule has 214 valence electrons. The Kier molecular flexibility index (Phi) is 9.85. The van der Waals surface area contributed by atoms with E-state index < -0.39 is 40.6 Å². The molecule has 0 aromatic carbocycles. The Bertz CT molecular complexity index is 898. The van der Waals surface area contributed by atoms with E-state index in [9.17, 15) is 14.4 Å². The Balaban J connectivity index is 1.92. The van der Waals surface area contributed by atoms with Gasteiger partial charge >= 0.3 is 5.97 Å². The smallest absolute Gasteiger partial charge is 0.312 e. The number of fused-ring (bicyclic) bond motifs is 1. The standard InChI is InChI=1S/C30H48N2O6/c1-7-9-10-15-21-37-27(36)23-22-25(34)31(19-13-11-12-14-20-33)24(30(22)17-16-29(23,6)38-30)26(35)32(18-8-2)28(3,4)5/h7-8,22-24,33H,1-2,9-21H2,3-6H3/t22-,23-,24?,29+,30?/m0/s1. The van der Waals surface area contributed by atoms with E-state index in [1.807, 2.05) is 33.8 Å². The summed E-state index contributed by atoms with van der Waals surface area (Å²) < 4.78 is 12.4. The van der Waals surface area contributed by atoms with Gasteiger partial charge in [-0.1, -0.05) is 25.0 Å². The molecule has 0 aliphatic carbocycles. The van der Waals surface area contributed by atoms with Crippen LogP contribution in [0, 0.1) is 11.8 Å². The van der Waals surface area contributed by atoms with Crippen molar-refractivity contribution in [3.8, 4) is 0 Å². The van der Waals surface area contributed by atoms with Crippen LogP contribution in [0.3, 0.4) is 0 Å². The minimum Gasteiger partial charge on any atom is -0.465 e. The van der Waals surface area contributed by atoms with Gasteiger partial charge in [-0.15, -0.1) is 13.2 Å². The molecular weight excluding hydrogens is 484 g/mol. The van der Waals surface area contributed by atoms with Crippen LogP contribution in [0.5, 0.6) is 0 Å². The zero-order chi connectivity index (χ0) is 28.1. The largest absolute Gasteiger partial charge is 0.465 e. The average Bonchev–Trinajstić information content (AvgIpc) is 3.42. The molecule has 5 atom stereocenters. The van der Waals surface area contributed by atoms with Gasteiger partial charge in [0, 0.05) is 25.2 Å². The highest BCUT2D eigenvalue weighted by Gasteiger charge is 2.78. The van der Waals surface area contributed by atoms with Crippen LogP contribution >= 0.6 is 0 Å². The summed E-state index contributed by atoms with van der Waals surface area (Å²) in [6.45, 7) is 16.6. The summed E-state index contributed by atoms with van der Waals surface area (Å²) >= 11 is 0. The fourth-order valence-corrected chi connectivity index (χ4v) is 6.68. The molecule has 3 heterocycles. The molecule has 3 saturated heterocycles. The first-order valence-corrected chi connectivity index (χ1v) is 14.3. The van der Waals surface area contributed by atoms with E-state index in [2.05, 4.69) is 13.2 Å². The summed E-state index contributed by atoms with van der Waals surface area (Å²) in [5.74, 6) is -2.22. The lowest BCUT2D eigenvalue weighted by molar-refractivity contribution is -0.161. The maximum atomic E-state index is 14.3. The summed E-state index contributed by atoms with van der Waals surface area (Å²) in [5.41, 5.74) is -2.37. The second kappa shape index (κ2) is 12.3. The predicted molar refractivity (Wildman–Crippen MR) is 146 cm³/mol. The molecule has 3 rings (SSSR count). The lowest BCUT2D eigenvalue weighted by atomic mass is 9.66. The zero-order valence-corrected chi connectivity index (χ0v) is 23.9. The first-order valence-electron chi connectivity index (χ1n) is 14.3. The highest BCUT2D eigenvalue weighted by Crippen LogP contribution is 2.63. The molecule has 3 fully saturated rings. The Morgan fingerprint density at radius 2 is 1.84 bits per heavy atom. The van der Waals surface area contributed by atoms with E-state index in [0.29, 0.717) is 45.4 Å². The molecular formula is C30H48N2O6. The van der Waals surface area contributed by atoms with E-state index in [1.165, 1.54) is 0 Å². The molecule has 1 N–H and O–H groups in total. The first kappa shape index (κ1) is 30.4. The number of aliphatic hydroxyl groups is 1. The van der Waals surface area contributed by atoms with Gasteiger partial charge in [-0.2, -0.15) is 0 Å². The van der Waals surface area contributed by atoms with Gasteiger partial charge in [-0.3, -0.25) is 14.4 Å². The van der Waals surface area contributed by atoms with Crippen LogP contribution in [0.1, 0.15) is 85.5 Å². The van der Waals surface area contributed by atoms with Gasteiger partial charge in [0.15, 0.2) is 0 Å². The summed E-state index contributed by atoms with van der Waals surface area (Å²) in [5, 5.41) is 9.12. The van der Waals surface area contributed by atoms with E-state index in [-0.39, 0.29) is 18.4 Å². The van der Waals surface area contributed by atoms with Crippen molar-refractivity contribution in [1.82, 2.24) is 9.80 Å². The van der Waals surface area contributed by atoms with Crippen LogP contribution in [0.15, 0.2) is 25.3 Å². The third-order valence-corrected chi connectivity index (χ3v) is 8.51. The van der Waals surface area contributed by atoms with Gasteiger partial charge in [0.25, 0.3) is 0 Å². The molecule has 1 spiro atoms. The van der Waals surface area contributed by atoms with Crippen molar-refractivity contribution >= 4 is 17.8 Å². The number of carbonyl (C=O) groups is 3. The SMILES string of the molecule is C=CCCCCOC(=O)[C@@H]1[C@H]2C(=O)N(CCCCCCO)C(C(=O)N(CC=C)C(C)(C)C)C23CC[C@@]1(C)O3. The third-order valence-electron chi connectivity index (χ3n) is 8.51. The second-order valence-electron chi connectivity index (χ2n) is 12.3. The van der Waals surface area contributed by atoms with E-state index in [4.69, 9.17) is 14.6 Å². The van der Waals surface area contributed by atoms with Crippen molar-refractivity contribution in [2.45, 2.75) is 108 Å². The number of ether oxygens (including phenoxy) is 2. The van der Waals surface area contributed by atoms with Crippen molar-refractivity contribution < 1.29 is 29.0 Å². The number of hydrogen-bond acceptors (Lipinski definition) is 6. The van der Waals surface area contributed by atoms with Crippen LogP contribution in [0.2, 0.25) is 0 Å². The summed E-state index contributed by atoms with van der Waals surface area (Å²) in [7, 11) is 0. The average molecular weight is 533 g/mol. The zero-order valence-electron chi connectivity index (χ0n) is 23.9. The van der Waals surface area contributed by atoms with E-state index in [1.54, 1.807) is 15.9 Å². The summed E-state index contributed by atoms with van der Waals surface area (Å²) in [4.78, 5) is 45.3. The molecule has 3 aliphatic rings. The molecule has 38 heavy (non-hydrogen) atoms. The topological polar surface area (TPSA) is 96.4 Å². The van der Waals surface area contributed by atoms with Crippen LogP contribution in [0.4, 0.5) is 0 Å². The Morgan fingerprint density at radius 1 is 1.13 bits per heavy atom. The normalized spacial score (nSPS) is 29.9. The quantitative estimate of drug-likeness (QED) is 0.194. The van der Waals surface area contributed by atoms with Crippen LogP contribution in [-0.2, 0) is 23.9 Å². The van der Waals surface area contributed by atoms with E-state index >= 15 is 0 Å². The van der Waals surface area contributed by atoms with Gasteiger partial charge in [0.2, 0.25) is 11.8 Å². The van der Waals surface area contributed by atoms with Gasteiger partial charge in [0.1, 0.15) is 17.6 Å². The van der Waals surface area contributed by atoms with Crippen molar-refractivity contribution in [2.75, 3.05) is 26.3 Å². The Hall–Kier alpha value is -2.19. The molecule has 0 aromatic heterocycles. The molecule has 8 nitrogen and oxygen atoms in total. The summed E-state index contributed by atoms with van der Waals surface area (Å²) in [6, 6.07) is -0.802. The molecule has 3 aliphatic heterocycles. The number of likely N-dealkylation sites (tertiary alicyclic amines) is 1. The van der Waals surface area contributed by atoms with Crippen LogP contribution < -0.4 is 0 Å². The molecule has 0 saturated carbocycles. The maximum absolute atomic E-state index is 14.3. The number of esters is 1. The number of carbonyl (C=O) groups excluding carboxylic acids is 3. The number of rotatable bonds is 15. The van der Waals surface area contributed by atoms with Gasteiger partial charge in [0.05, 0.1) is 18.1 Å². The van der Waals surface area contributed by atoms with Gasteiger partial charge in [-0.05, 0) is 72.6 Å². The van der Waals surface area contributed by atoms with Crippen LogP contribution in [-0.4, -0.2) is 81.8 Å². The maximum Gasteiger partial charge on any atom is 0.312 e. The number of amides is 2. The minimum absolute atomic E-state index is 0.140. The van der Waals surface area contributed by atoms with E-state index in [0.717, 1.165) is 32.1 Å². The van der Waals surface area contributed by atoms with Crippen molar-refractivity contribution in [3.05, 3.63) is 25.3 Å². The predicted octanol–water partition coefficient (Wildman–Crippen LogP) is 4.02. The lowest BCUT2D eigenvalue weighted by Crippen LogP contribution is -2.60. The molecule has 8 heteroatoms. The lowest BCUT2D eigenvalue weighted by Gasteiger charge is -2.42. The fraction of sp³-hybridized carbons (Fsp3) is 0.767. The number of aliphatic hydroxyl groups excluding tert-OH is 1. The van der Waals surface area contributed by atoms with Crippen molar-refractivity contribution in [3.63, 3.8) is 0 Å². The van der Waals surface area contributed by atoms with Crippen LogP contribution in [0.25, 0.3) is 0 Å². The molecule has 0 aromatic rings. The highest BCUT2D eigenvalue weighted by atomic mass is 16.6. The Labute approximate surface area is 228 Å². The number of hydrogen-bond donors (Lipinski definition) is 1. The fourth-order valence-electron chi connectivity index (χ4n) is 6.68. The monoisotopic (exact) mass is 532 g/mol.